The molecule has 0 aromatic heterocycles. The first kappa shape index (κ1) is 27.0. The van der Waals surface area contributed by atoms with Crippen LogP contribution in [0.5, 0.6) is 11.5 Å². The number of amides is 1. The summed E-state index contributed by atoms with van der Waals surface area (Å²) in [5, 5.41) is 4.19. The second kappa shape index (κ2) is 11.4. The van der Waals surface area contributed by atoms with Gasteiger partial charge < -0.3 is 20.5 Å². The minimum Gasteiger partial charge on any atom is -0.462 e. The maximum atomic E-state index is 12.8. The highest BCUT2D eigenvalue weighted by atomic mass is 19.4. The third-order valence-electron chi connectivity index (χ3n) is 5.89. The van der Waals surface area contributed by atoms with Crippen LogP contribution >= 0.6 is 0 Å². The summed E-state index contributed by atoms with van der Waals surface area (Å²) < 4.78 is 49.4. The van der Waals surface area contributed by atoms with Crippen molar-refractivity contribution in [2.45, 2.75) is 45.5 Å². The lowest BCUT2D eigenvalue weighted by Crippen LogP contribution is -2.41. The SMILES string of the molecule is CC[C@H](C)[C@H](N)C(=O)OC[C@@H](C)NC(=O)c1ccc2c(Oc3ccc(C(F)(F)F)cc3)cccc2c1. The fourth-order valence-corrected chi connectivity index (χ4v) is 3.46. The summed E-state index contributed by atoms with van der Waals surface area (Å²) in [6.45, 7) is 5.52. The van der Waals surface area contributed by atoms with Crippen LogP contribution in [-0.2, 0) is 15.7 Å². The molecule has 9 heteroatoms. The largest absolute Gasteiger partial charge is 0.462 e. The fraction of sp³-hybridized carbons (Fsp3) is 0.333. The van der Waals surface area contributed by atoms with Crippen molar-refractivity contribution in [2.75, 3.05) is 6.61 Å². The maximum Gasteiger partial charge on any atom is 0.416 e. The van der Waals surface area contributed by atoms with Crippen molar-refractivity contribution in [1.29, 1.82) is 0 Å². The smallest absolute Gasteiger partial charge is 0.416 e. The van der Waals surface area contributed by atoms with Crippen molar-refractivity contribution in [3.8, 4) is 11.5 Å². The Hall–Kier alpha value is -3.59. The molecule has 3 atom stereocenters. The van der Waals surface area contributed by atoms with Crippen LogP contribution < -0.4 is 15.8 Å². The molecule has 0 saturated heterocycles. The molecule has 0 aliphatic carbocycles. The Morgan fingerprint density at radius 2 is 1.72 bits per heavy atom. The molecule has 3 aromatic carbocycles. The Morgan fingerprint density at radius 1 is 1.03 bits per heavy atom. The maximum absolute atomic E-state index is 12.8. The summed E-state index contributed by atoms with van der Waals surface area (Å²) in [4.78, 5) is 24.8. The number of halogens is 3. The van der Waals surface area contributed by atoms with Gasteiger partial charge in [-0.3, -0.25) is 9.59 Å². The molecule has 0 saturated carbocycles. The average molecular weight is 503 g/mol. The number of benzene rings is 3. The Balaban J connectivity index is 1.66. The highest BCUT2D eigenvalue weighted by Gasteiger charge is 2.30. The number of ether oxygens (including phenoxy) is 2. The van der Waals surface area contributed by atoms with E-state index in [0.29, 0.717) is 22.1 Å². The van der Waals surface area contributed by atoms with Crippen LogP contribution in [0.3, 0.4) is 0 Å². The van der Waals surface area contributed by atoms with Gasteiger partial charge in [0.1, 0.15) is 24.1 Å². The van der Waals surface area contributed by atoms with Crippen LogP contribution in [0.15, 0.2) is 60.7 Å². The third-order valence-corrected chi connectivity index (χ3v) is 5.89. The van der Waals surface area contributed by atoms with E-state index in [4.69, 9.17) is 15.2 Å². The van der Waals surface area contributed by atoms with Crippen LogP contribution in [0.2, 0.25) is 0 Å². The van der Waals surface area contributed by atoms with Gasteiger partial charge in [0, 0.05) is 10.9 Å². The number of carbonyl (C=O) groups excluding carboxylic acids is 2. The van der Waals surface area contributed by atoms with E-state index in [9.17, 15) is 22.8 Å². The number of rotatable bonds is 9. The summed E-state index contributed by atoms with van der Waals surface area (Å²) in [5.74, 6) is -0.156. The predicted molar refractivity (Wildman–Crippen MR) is 131 cm³/mol. The summed E-state index contributed by atoms with van der Waals surface area (Å²) in [5.41, 5.74) is 5.50. The number of hydrogen-bond donors (Lipinski definition) is 2. The van der Waals surface area contributed by atoms with Crippen molar-refractivity contribution in [1.82, 2.24) is 5.32 Å². The normalized spacial score (nSPS) is 14.1. The van der Waals surface area contributed by atoms with E-state index in [2.05, 4.69) is 5.32 Å². The van der Waals surface area contributed by atoms with Gasteiger partial charge >= 0.3 is 12.1 Å². The molecule has 6 nitrogen and oxygen atoms in total. The molecule has 3 N–H and O–H groups in total. The third kappa shape index (κ3) is 6.75. The van der Waals surface area contributed by atoms with E-state index in [1.54, 1.807) is 43.3 Å². The highest BCUT2D eigenvalue weighted by Crippen LogP contribution is 2.33. The van der Waals surface area contributed by atoms with Gasteiger partial charge in [-0.1, -0.05) is 32.4 Å². The van der Waals surface area contributed by atoms with E-state index in [0.717, 1.165) is 18.6 Å². The molecule has 192 valence electrons. The molecule has 0 heterocycles. The van der Waals surface area contributed by atoms with Gasteiger partial charge in [-0.2, -0.15) is 13.2 Å². The van der Waals surface area contributed by atoms with Gasteiger partial charge in [0.25, 0.3) is 5.91 Å². The number of nitrogens with one attached hydrogen (secondary N) is 1. The average Bonchev–Trinajstić information content (AvgIpc) is 2.85. The van der Waals surface area contributed by atoms with E-state index in [1.807, 2.05) is 13.8 Å². The zero-order chi connectivity index (χ0) is 26.5. The quantitative estimate of drug-likeness (QED) is 0.367. The summed E-state index contributed by atoms with van der Waals surface area (Å²) in [7, 11) is 0. The van der Waals surface area contributed by atoms with E-state index in [1.165, 1.54) is 12.1 Å². The van der Waals surface area contributed by atoms with E-state index in [-0.39, 0.29) is 24.2 Å². The minimum atomic E-state index is -4.42. The zero-order valence-corrected chi connectivity index (χ0v) is 20.3. The minimum absolute atomic E-state index is 0.00637. The Kier molecular flexibility index (Phi) is 8.57. The van der Waals surface area contributed by atoms with Gasteiger partial charge in [0.2, 0.25) is 0 Å². The second-order valence-electron chi connectivity index (χ2n) is 8.73. The van der Waals surface area contributed by atoms with Crippen molar-refractivity contribution < 1.29 is 32.2 Å². The molecule has 3 aromatic rings. The van der Waals surface area contributed by atoms with Crippen molar-refractivity contribution in [2.24, 2.45) is 11.7 Å². The van der Waals surface area contributed by atoms with Crippen LogP contribution in [0.1, 0.15) is 43.1 Å². The Bertz CT molecular complexity index is 1210. The molecule has 1 amide bonds. The molecule has 0 aliphatic heterocycles. The zero-order valence-electron chi connectivity index (χ0n) is 20.3. The fourth-order valence-electron chi connectivity index (χ4n) is 3.46. The highest BCUT2D eigenvalue weighted by molar-refractivity contribution is 6.00. The topological polar surface area (TPSA) is 90.7 Å². The first-order chi connectivity index (χ1) is 17.0. The molecular formula is C27H29F3N2O4. The number of fused-ring (bicyclic) bond motifs is 1. The van der Waals surface area contributed by atoms with Gasteiger partial charge in [0.15, 0.2) is 0 Å². The molecular weight excluding hydrogens is 473 g/mol. The number of carbonyl (C=O) groups is 2. The summed E-state index contributed by atoms with van der Waals surface area (Å²) in [6, 6.07) is 13.5. The molecule has 36 heavy (non-hydrogen) atoms. The Labute approximate surface area is 207 Å². The lowest BCUT2D eigenvalue weighted by Gasteiger charge is -2.19. The van der Waals surface area contributed by atoms with E-state index < -0.39 is 29.8 Å². The number of alkyl halides is 3. The van der Waals surface area contributed by atoms with Gasteiger partial charge in [-0.15, -0.1) is 0 Å². The van der Waals surface area contributed by atoms with Crippen LogP contribution in [-0.4, -0.2) is 30.6 Å². The molecule has 0 fully saturated rings. The molecule has 3 rings (SSSR count). The van der Waals surface area contributed by atoms with Crippen LogP contribution in [0, 0.1) is 5.92 Å². The second-order valence-corrected chi connectivity index (χ2v) is 8.73. The van der Waals surface area contributed by atoms with Gasteiger partial charge in [-0.05, 0) is 66.8 Å². The van der Waals surface area contributed by atoms with Crippen molar-refractivity contribution in [3.63, 3.8) is 0 Å². The molecule has 0 unspecified atom stereocenters. The summed E-state index contributed by atoms with van der Waals surface area (Å²) in [6.07, 6.45) is -3.67. The van der Waals surface area contributed by atoms with E-state index >= 15 is 0 Å². The standard InChI is InChI=1S/C27H29F3N2O4/c1-4-16(2)24(31)26(34)35-15-17(3)32-25(33)19-8-13-22-18(14-19)6-5-7-23(22)36-21-11-9-20(10-12-21)27(28,29)30/h5-14,16-17,24H,4,15,31H2,1-3H3,(H,32,33)/t16-,17+,24-/m0/s1. The lowest BCUT2D eigenvalue weighted by molar-refractivity contribution is -0.147. The van der Waals surface area contributed by atoms with Crippen molar-refractivity contribution in [3.05, 3.63) is 71.8 Å². The van der Waals surface area contributed by atoms with Crippen LogP contribution in [0.25, 0.3) is 10.8 Å². The lowest BCUT2D eigenvalue weighted by atomic mass is 10.0. The Morgan fingerprint density at radius 3 is 2.36 bits per heavy atom. The number of esters is 1. The number of nitrogens with two attached hydrogens (primary N) is 1. The first-order valence-corrected chi connectivity index (χ1v) is 11.6. The van der Waals surface area contributed by atoms with Crippen LogP contribution in [0.4, 0.5) is 13.2 Å². The molecule has 0 radical (unpaired) electrons. The van der Waals surface area contributed by atoms with Gasteiger partial charge in [-0.25, -0.2) is 0 Å². The van der Waals surface area contributed by atoms with Gasteiger partial charge in [0.05, 0.1) is 11.6 Å². The molecule has 0 spiro atoms. The number of hydrogen-bond acceptors (Lipinski definition) is 5. The van der Waals surface area contributed by atoms with Crippen molar-refractivity contribution >= 4 is 22.6 Å². The predicted octanol–water partition coefficient (Wildman–Crippen LogP) is 5.69. The monoisotopic (exact) mass is 502 g/mol. The molecule has 0 aliphatic rings. The molecule has 0 bridgehead atoms. The first-order valence-electron chi connectivity index (χ1n) is 11.6. The summed E-state index contributed by atoms with van der Waals surface area (Å²) >= 11 is 0.